The van der Waals surface area contributed by atoms with Gasteiger partial charge in [-0.15, -0.1) is 12.6 Å². The second-order valence-electron chi connectivity index (χ2n) is 3.21. The molecule has 0 spiro atoms. The molecule has 0 radical (unpaired) electrons. The van der Waals surface area contributed by atoms with E-state index in [0.717, 1.165) is 16.2 Å². The lowest BCUT2D eigenvalue weighted by atomic mass is 10.1. The molecule has 0 fully saturated rings. The summed E-state index contributed by atoms with van der Waals surface area (Å²) in [5, 5.41) is 0. The van der Waals surface area contributed by atoms with Crippen LogP contribution in [-0.2, 0) is 0 Å². The van der Waals surface area contributed by atoms with Crippen LogP contribution in [0.3, 0.4) is 0 Å². The summed E-state index contributed by atoms with van der Waals surface area (Å²) in [5.74, 6) is 0. The highest BCUT2D eigenvalue weighted by Gasteiger charge is 2.02. The second-order valence-corrected chi connectivity index (χ2v) is 3.73. The molecule has 0 unspecified atom stereocenters. The largest absolute Gasteiger partial charge is 0.256 e. The Bertz CT molecular complexity index is 438. The highest BCUT2D eigenvalue weighted by Crippen LogP contribution is 2.23. The summed E-state index contributed by atoms with van der Waals surface area (Å²) >= 11 is 4.32. The Morgan fingerprint density at radius 2 is 1.81 bits per heavy atom. The smallest absolute Gasteiger partial charge is 0.0705 e. The van der Waals surface area contributed by atoms with Crippen molar-refractivity contribution < 1.29 is 0 Å². The molecular weight excluding hydrogens is 214 g/mol. The number of hydrogen-bond acceptors (Lipinski definition) is 2. The third-order valence-electron chi connectivity index (χ3n) is 2.16. The van der Waals surface area contributed by atoms with Crippen molar-refractivity contribution in [1.82, 2.24) is 4.98 Å². The van der Waals surface area contributed by atoms with E-state index in [1.807, 2.05) is 44.2 Å². The van der Waals surface area contributed by atoms with Gasteiger partial charge in [0.05, 0.1) is 5.69 Å². The Morgan fingerprint density at radius 1 is 1.06 bits per heavy atom. The minimum absolute atomic E-state index is 0.969. The third kappa shape index (κ3) is 3.11. The van der Waals surface area contributed by atoms with Crippen LogP contribution in [0.15, 0.2) is 47.5 Å². The lowest BCUT2D eigenvalue weighted by Gasteiger charge is -2.05. The Hall–Kier alpha value is -1.28. The van der Waals surface area contributed by atoms with Crippen molar-refractivity contribution in [2.24, 2.45) is 0 Å². The molecule has 1 aromatic carbocycles. The van der Waals surface area contributed by atoms with E-state index in [4.69, 9.17) is 0 Å². The van der Waals surface area contributed by atoms with Gasteiger partial charge in [0, 0.05) is 16.7 Å². The molecule has 0 atom stereocenters. The summed E-state index contributed by atoms with van der Waals surface area (Å²) in [6.07, 6.45) is 1.81. The standard InChI is InChI=1S/C12H11NS.C2H6/c1-9-5-6-10(14)8-11(9)12-4-2-3-7-13-12;1-2/h2-8,14H,1H3;1-2H3. The van der Waals surface area contributed by atoms with Crippen LogP contribution >= 0.6 is 12.6 Å². The highest BCUT2D eigenvalue weighted by molar-refractivity contribution is 7.80. The molecular formula is C14H17NS. The molecule has 1 nitrogen and oxygen atoms in total. The topological polar surface area (TPSA) is 12.9 Å². The van der Waals surface area contributed by atoms with Crippen molar-refractivity contribution in [2.45, 2.75) is 25.7 Å². The van der Waals surface area contributed by atoms with Crippen LogP contribution in [0, 0.1) is 6.92 Å². The van der Waals surface area contributed by atoms with Gasteiger partial charge in [-0.25, -0.2) is 0 Å². The molecule has 84 valence electrons. The molecule has 0 aliphatic carbocycles. The maximum atomic E-state index is 4.32. The number of thiol groups is 1. The van der Waals surface area contributed by atoms with E-state index in [0.29, 0.717) is 0 Å². The zero-order valence-corrected chi connectivity index (χ0v) is 10.8. The van der Waals surface area contributed by atoms with E-state index in [1.54, 1.807) is 6.20 Å². The summed E-state index contributed by atoms with van der Waals surface area (Å²) in [4.78, 5) is 5.29. The van der Waals surface area contributed by atoms with E-state index in [9.17, 15) is 0 Å². The molecule has 1 heterocycles. The Labute approximate surface area is 103 Å². The molecule has 0 saturated carbocycles. The van der Waals surface area contributed by atoms with Gasteiger partial charge in [-0.2, -0.15) is 0 Å². The maximum Gasteiger partial charge on any atom is 0.0705 e. The number of aromatic nitrogens is 1. The first kappa shape index (κ1) is 12.8. The highest BCUT2D eigenvalue weighted by atomic mass is 32.1. The zero-order chi connectivity index (χ0) is 12.0. The SMILES string of the molecule is CC.Cc1ccc(S)cc1-c1ccccn1. The third-order valence-corrected chi connectivity index (χ3v) is 2.44. The number of aryl methyl sites for hydroxylation is 1. The first-order valence-electron chi connectivity index (χ1n) is 5.48. The molecule has 2 heteroatoms. The number of hydrogen-bond donors (Lipinski definition) is 1. The molecule has 0 amide bonds. The van der Waals surface area contributed by atoms with Gasteiger partial charge in [0.2, 0.25) is 0 Å². The van der Waals surface area contributed by atoms with Crippen molar-refractivity contribution >= 4 is 12.6 Å². The van der Waals surface area contributed by atoms with Gasteiger partial charge in [-0.05, 0) is 36.8 Å². The Balaban J connectivity index is 0.000000606. The van der Waals surface area contributed by atoms with E-state index in [1.165, 1.54) is 5.56 Å². The summed E-state index contributed by atoms with van der Waals surface area (Å²) < 4.78 is 0. The van der Waals surface area contributed by atoms with Crippen molar-refractivity contribution in [3.8, 4) is 11.3 Å². The fourth-order valence-corrected chi connectivity index (χ4v) is 1.61. The molecule has 2 rings (SSSR count). The van der Waals surface area contributed by atoms with Crippen molar-refractivity contribution in [3.05, 3.63) is 48.2 Å². The van der Waals surface area contributed by atoms with Gasteiger partial charge in [0.15, 0.2) is 0 Å². The molecule has 0 bridgehead atoms. The van der Waals surface area contributed by atoms with Crippen LogP contribution < -0.4 is 0 Å². The summed E-state index contributed by atoms with van der Waals surface area (Å²) in [6, 6.07) is 12.0. The molecule has 1 aromatic heterocycles. The second kappa shape index (κ2) is 6.33. The van der Waals surface area contributed by atoms with E-state index in [-0.39, 0.29) is 0 Å². The first-order valence-corrected chi connectivity index (χ1v) is 5.93. The van der Waals surface area contributed by atoms with Gasteiger partial charge < -0.3 is 0 Å². The van der Waals surface area contributed by atoms with Crippen LogP contribution in [0.2, 0.25) is 0 Å². The van der Waals surface area contributed by atoms with E-state index >= 15 is 0 Å². The maximum absolute atomic E-state index is 4.32. The lowest BCUT2D eigenvalue weighted by molar-refractivity contribution is 1.29. The summed E-state index contributed by atoms with van der Waals surface area (Å²) in [5.41, 5.74) is 3.38. The predicted molar refractivity (Wildman–Crippen MR) is 73.0 cm³/mol. The molecule has 0 aliphatic rings. The minimum atomic E-state index is 0.969. The minimum Gasteiger partial charge on any atom is -0.256 e. The number of benzene rings is 1. The number of pyridine rings is 1. The average Bonchev–Trinajstić information content (AvgIpc) is 2.36. The average molecular weight is 231 g/mol. The van der Waals surface area contributed by atoms with Crippen LogP contribution in [0.5, 0.6) is 0 Å². The van der Waals surface area contributed by atoms with Crippen molar-refractivity contribution in [1.29, 1.82) is 0 Å². The molecule has 0 aliphatic heterocycles. The molecule has 2 aromatic rings. The van der Waals surface area contributed by atoms with E-state index < -0.39 is 0 Å². The molecule has 0 N–H and O–H groups in total. The Morgan fingerprint density at radius 3 is 2.44 bits per heavy atom. The normalized spacial score (nSPS) is 9.25. The van der Waals surface area contributed by atoms with Gasteiger partial charge >= 0.3 is 0 Å². The van der Waals surface area contributed by atoms with Crippen LogP contribution in [0.4, 0.5) is 0 Å². The molecule has 0 saturated heterocycles. The van der Waals surface area contributed by atoms with Gasteiger partial charge in [0.1, 0.15) is 0 Å². The first-order chi connectivity index (χ1) is 7.77. The number of rotatable bonds is 1. The van der Waals surface area contributed by atoms with E-state index in [2.05, 4.69) is 30.6 Å². The van der Waals surface area contributed by atoms with Crippen LogP contribution in [-0.4, -0.2) is 4.98 Å². The summed E-state index contributed by atoms with van der Waals surface area (Å²) in [7, 11) is 0. The van der Waals surface area contributed by atoms with Crippen molar-refractivity contribution in [2.75, 3.05) is 0 Å². The van der Waals surface area contributed by atoms with Gasteiger partial charge in [0.25, 0.3) is 0 Å². The monoisotopic (exact) mass is 231 g/mol. The van der Waals surface area contributed by atoms with Gasteiger partial charge in [-0.1, -0.05) is 26.0 Å². The summed E-state index contributed by atoms with van der Waals surface area (Å²) in [6.45, 7) is 6.08. The molecule has 16 heavy (non-hydrogen) atoms. The van der Waals surface area contributed by atoms with Crippen LogP contribution in [0.25, 0.3) is 11.3 Å². The zero-order valence-electron chi connectivity index (χ0n) is 9.94. The Kier molecular flexibility index (Phi) is 5.06. The fourth-order valence-electron chi connectivity index (χ4n) is 1.41. The quantitative estimate of drug-likeness (QED) is 0.719. The van der Waals surface area contributed by atoms with Gasteiger partial charge in [-0.3, -0.25) is 4.98 Å². The van der Waals surface area contributed by atoms with Crippen molar-refractivity contribution in [3.63, 3.8) is 0 Å². The number of nitrogens with zero attached hydrogens (tertiary/aromatic N) is 1. The predicted octanol–water partition coefficient (Wildman–Crippen LogP) is 4.37. The van der Waals surface area contributed by atoms with Crippen LogP contribution in [0.1, 0.15) is 19.4 Å². The lowest BCUT2D eigenvalue weighted by Crippen LogP contribution is -1.85. The fraction of sp³-hybridized carbons (Fsp3) is 0.214.